The average molecular weight is 367 g/mol. The molecule has 0 fully saturated rings. The van der Waals surface area contributed by atoms with Crippen molar-refractivity contribution in [3.63, 3.8) is 0 Å². The Morgan fingerprint density at radius 1 is 0.815 bits per heavy atom. The predicted octanol–water partition coefficient (Wildman–Crippen LogP) is 4.97. The number of aliphatic imine (C=N–C) groups is 2. The fraction of sp³-hybridized carbons (Fsp3) is 0.391. The topological polar surface area (TPSA) is 65.2 Å². The maximum atomic E-state index is 9.96. The molecule has 0 aliphatic rings. The number of hydrogen-bond acceptors (Lipinski definition) is 4. The maximum absolute atomic E-state index is 9.96. The van der Waals surface area contributed by atoms with Crippen molar-refractivity contribution in [3.05, 3.63) is 59.7 Å². The molecule has 1 unspecified atom stereocenters. The Kier molecular flexibility index (Phi) is 8.05. The van der Waals surface area contributed by atoms with E-state index in [2.05, 4.69) is 20.8 Å². The van der Waals surface area contributed by atoms with Gasteiger partial charge in [0.2, 0.25) is 0 Å². The minimum absolute atomic E-state index is 0.0803. The molecule has 0 saturated carbocycles. The molecular formula is C23H30N2O2. The zero-order chi connectivity index (χ0) is 19.6. The maximum Gasteiger partial charge on any atom is 0.119 e. The lowest BCUT2D eigenvalue weighted by Gasteiger charge is -2.11. The molecule has 2 rings (SSSR count). The number of phenols is 2. The molecule has 0 aromatic heterocycles. The third-order valence-electron chi connectivity index (χ3n) is 4.57. The molecule has 2 N–H and O–H groups in total. The summed E-state index contributed by atoms with van der Waals surface area (Å²) in [4.78, 5) is 9.55. The zero-order valence-electron chi connectivity index (χ0n) is 16.5. The highest BCUT2D eigenvalue weighted by Gasteiger charge is 2.08. The van der Waals surface area contributed by atoms with Crippen LogP contribution in [0.4, 0.5) is 0 Å². The number of benzene rings is 2. The molecule has 0 radical (unpaired) electrons. The van der Waals surface area contributed by atoms with Gasteiger partial charge in [-0.05, 0) is 43.0 Å². The van der Waals surface area contributed by atoms with Gasteiger partial charge in [0.25, 0.3) is 0 Å². The fourth-order valence-corrected chi connectivity index (χ4v) is 2.93. The van der Waals surface area contributed by atoms with Gasteiger partial charge in [0.15, 0.2) is 0 Å². The monoisotopic (exact) mass is 366 g/mol. The van der Waals surface area contributed by atoms with Crippen LogP contribution in [-0.4, -0.2) is 34.2 Å². The molecular weight excluding hydrogens is 336 g/mol. The van der Waals surface area contributed by atoms with E-state index < -0.39 is 0 Å². The Labute approximate surface area is 162 Å². The van der Waals surface area contributed by atoms with Crippen LogP contribution >= 0.6 is 0 Å². The molecule has 144 valence electrons. The van der Waals surface area contributed by atoms with Gasteiger partial charge in [-0.25, -0.2) is 0 Å². The molecule has 27 heavy (non-hydrogen) atoms. The minimum atomic E-state index is 0.0803. The quantitative estimate of drug-likeness (QED) is 0.615. The number of hydrogen-bond donors (Lipinski definition) is 2. The molecule has 4 nitrogen and oxygen atoms in total. The molecule has 0 aliphatic heterocycles. The molecule has 1 atom stereocenters. The Balaban J connectivity index is 2.01. The van der Waals surface area contributed by atoms with E-state index in [1.807, 2.05) is 36.4 Å². The van der Waals surface area contributed by atoms with Crippen molar-refractivity contribution < 1.29 is 10.2 Å². The summed E-state index contributed by atoms with van der Waals surface area (Å²) in [5.41, 5.74) is 3.95. The van der Waals surface area contributed by atoms with Gasteiger partial charge in [0.05, 0.1) is 12.6 Å². The van der Waals surface area contributed by atoms with Crippen LogP contribution in [0.15, 0.2) is 58.5 Å². The van der Waals surface area contributed by atoms with Crippen LogP contribution < -0.4 is 0 Å². The van der Waals surface area contributed by atoms with Crippen LogP contribution in [0.5, 0.6) is 11.5 Å². The van der Waals surface area contributed by atoms with Gasteiger partial charge in [-0.3, -0.25) is 9.98 Å². The van der Waals surface area contributed by atoms with Crippen molar-refractivity contribution >= 4 is 11.4 Å². The number of phenolic OH excluding ortho intramolecular Hbond substituents is 2. The van der Waals surface area contributed by atoms with Gasteiger partial charge in [-0.2, -0.15) is 0 Å². The van der Waals surface area contributed by atoms with Gasteiger partial charge in [0, 0.05) is 24.3 Å². The van der Waals surface area contributed by atoms with E-state index >= 15 is 0 Å². The number of nitrogens with zero attached hydrogens (tertiary/aromatic N) is 2. The SMILES string of the molecule is CCC(Cc1ccccc1O)=NCC(C)N=C(CC)Cc1ccccc1O. The summed E-state index contributed by atoms with van der Waals surface area (Å²) in [6, 6.07) is 14.9. The second-order valence-electron chi connectivity index (χ2n) is 6.77. The van der Waals surface area contributed by atoms with E-state index in [0.29, 0.717) is 30.9 Å². The lowest BCUT2D eigenvalue weighted by Crippen LogP contribution is -2.13. The van der Waals surface area contributed by atoms with E-state index in [0.717, 1.165) is 35.4 Å². The Morgan fingerprint density at radius 3 is 1.78 bits per heavy atom. The highest BCUT2D eigenvalue weighted by molar-refractivity contribution is 5.87. The van der Waals surface area contributed by atoms with E-state index in [9.17, 15) is 10.2 Å². The first-order valence-corrected chi connectivity index (χ1v) is 9.64. The first-order valence-electron chi connectivity index (χ1n) is 9.64. The standard InChI is InChI=1S/C23H30N2O2/c1-4-20(14-18-10-6-8-12-22(18)26)24-16-17(3)25-21(5-2)15-19-11-7-9-13-23(19)27/h6-13,17,26-27H,4-5,14-16H2,1-3H3. The van der Waals surface area contributed by atoms with Crippen LogP contribution in [0.1, 0.15) is 44.7 Å². The Bertz CT molecular complexity index is 796. The van der Waals surface area contributed by atoms with E-state index in [1.54, 1.807) is 12.1 Å². The largest absolute Gasteiger partial charge is 0.508 e. The van der Waals surface area contributed by atoms with Crippen molar-refractivity contribution in [3.8, 4) is 11.5 Å². The molecule has 0 spiro atoms. The van der Waals surface area contributed by atoms with Crippen molar-refractivity contribution in [2.45, 2.75) is 52.5 Å². The van der Waals surface area contributed by atoms with Gasteiger partial charge in [-0.1, -0.05) is 50.2 Å². The third kappa shape index (κ3) is 6.55. The summed E-state index contributed by atoms with van der Waals surface area (Å²) in [7, 11) is 0. The molecule has 4 heteroatoms. The van der Waals surface area contributed by atoms with Crippen LogP contribution in [0.2, 0.25) is 0 Å². The zero-order valence-corrected chi connectivity index (χ0v) is 16.5. The molecule has 0 saturated heterocycles. The minimum Gasteiger partial charge on any atom is -0.508 e. The average Bonchev–Trinajstić information content (AvgIpc) is 2.67. The molecule has 0 bridgehead atoms. The molecule has 0 heterocycles. The lowest BCUT2D eigenvalue weighted by molar-refractivity contribution is 0.469. The van der Waals surface area contributed by atoms with Crippen molar-refractivity contribution in [1.82, 2.24) is 0 Å². The highest BCUT2D eigenvalue weighted by Crippen LogP contribution is 2.18. The lowest BCUT2D eigenvalue weighted by atomic mass is 10.1. The highest BCUT2D eigenvalue weighted by atomic mass is 16.3. The van der Waals surface area contributed by atoms with E-state index in [1.165, 1.54) is 0 Å². The predicted molar refractivity (Wildman–Crippen MR) is 113 cm³/mol. The number of rotatable bonds is 9. The summed E-state index contributed by atoms with van der Waals surface area (Å²) in [6.07, 6.45) is 3.03. The van der Waals surface area contributed by atoms with E-state index in [4.69, 9.17) is 9.98 Å². The summed E-state index contributed by atoms with van der Waals surface area (Å²) in [6.45, 7) is 6.87. The van der Waals surface area contributed by atoms with Crippen LogP contribution in [0.25, 0.3) is 0 Å². The number of para-hydroxylation sites is 2. The smallest absolute Gasteiger partial charge is 0.119 e. The van der Waals surface area contributed by atoms with E-state index in [-0.39, 0.29) is 6.04 Å². The van der Waals surface area contributed by atoms with Gasteiger partial charge in [0.1, 0.15) is 11.5 Å². The van der Waals surface area contributed by atoms with Crippen molar-refractivity contribution in [2.75, 3.05) is 6.54 Å². The fourth-order valence-electron chi connectivity index (χ4n) is 2.93. The second-order valence-corrected chi connectivity index (χ2v) is 6.77. The van der Waals surface area contributed by atoms with Gasteiger partial charge >= 0.3 is 0 Å². The van der Waals surface area contributed by atoms with Gasteiger partial charge < -0.3 is 10.2 Å². The summed E-state index contributed by atoms with van der Waals surface area (Å²) in [5.74, 6) is 0.640. The molecule has 0 amide bonds. The van der Waals surface area contributed by atoms with Crippen LogP contribution in [0.3, 0.4) is 0 Å². The Hall–Kier alpha value is -2.62. The van der Waals surface area contributed by atoms with Crippen molar-refractivity contribution in [2.24, 2.45) is 9.98 Å². The molecule has 2 aromatic rings. The first kappa shape index (κ1) is 20.7. The van der Waals surface area contributed by atoms with Gasteiger partial charge in [-0.15, -0.1) is 0 Å². The second kappa shape index (κ2) is 10.5. The third-order valence-corrected chi connectivity index (χ3v) is 4.57. The summed E-state index contributed by atoms with van der Waals surface area (Å²) >= 11 is 0. The normalized spacial score (nSPS) is 13.6. The number of aromatic hydroxyl groups is 2. The van der Waals surface area contributed by atoms with Crippen molar-refractivity contribution in [1.29, 1.82) is 0 Å². The summed E-state index contributed by atoms with van der Waals surface area (Å²) in [5, 5.41) is 19.9. The molecule has 2 aromatic carbocycles. The van der Waals surface area contributed by atoms with Crippen LogP contribution in [0, 0.1) is 0 Å². The summed E-state index contributed by atoms with van der Waals surface area (Å²) < 4.78 is 0. The van der Waals surface area contributed by atoms with Crippen LogP contribution in [-0.2, 0) is 12.8 Å². The molecule has 0 aliphatic carbocycles. The Morgan fingerprint density at radius 2 is 1.30 bits per heavy atom. The first-order chi connectivity index (χ1) is 13.0.